The summed E-state index contributed by atoms with van der Waals surface area (Å²) in [5.74, 6) is 1.37. The largest absolute Gasteiger partial charge is 0.336 e. The molecule has 28 heavy (non-hydrogen) atoms. The van der Waals surface area contributed by atoms with Gasteiger partial charge in [0.1, 0.15) is 23.7 Å². The molecule has 0 fully saturated rings. The van der Waals surface area contributed by atoms with E-state index < -0.39 is 0 Å². The number of imidazole rings is 1. The number of hydrogen-bond donors (Lipinski definition) is 1. The van der Waals surface area contributed by atoms with Crippen LogP contribution >= 0.6 is 0 Å². The van der Waals surface area contributed by atoms with Crippen LogP contribution in [0.25, 0.3) is 22.6 Å². The topological polar surface area (TPSA) is 80.4 Å². The van der Waals surface area contributed by atoms with Crippen LogP contribution in [0.15, 0.2) is 30.6 Å². The van der Waals surface area contributed by atoms with Crippen LogP contribution in [-0.4, -0.2) is 46.0 Å². The highest BCUT2D eigenvalue weighted by Crippen LogP contribution is 2.23. The Morgan fingerprint density at radius 2 is 2.14 bits per heavy atom. The Morgan fingerprint density at radius 3 is 3.04 bits per heavy atom. The van der Waals surface area contributed by atoms with Gasteiger partial charge in [0, 0.05) is 26.2 Å². The van der Waals surface area contributed by atoms with E-state index in [-0.39, 0.29) is 5.82 Å². The number of nitrogens with zero attached hydrogens (tertiary/aromatic N) is 7. The van der Waals surface area contributed by atoms with Crippen LogP contribution in [0.4, 0.5) is 4.39 Å². The van der Waals surface area contributed by atoms with E-state index in [4.69, 9.17) is 5.10 Å². The van der Waals surface area contributed by atoms with Gasteiger partial charge in [-0.2, -0.15) is 10.2 Å². The third kappa shape index (κ3) is 3.07. The van der Waals surface area contributed by atoms with Crippen LogP contribution in [-0.2, 0) is 26.2 Å². The molecule has 3 aromatic heterocycles. The number of aromatic nitrogens is 7. The van der Waals surface area contributed by atoms with E-state index >= 15 is 0 Å². The van der Waals surface area contributed by atoms with Crippen molar-refractivity contribution in [2.24, 2.45) is 0 Å². The van der Waals surface area contributed by atoms with Crippen LogP contribution in [0, 0.1) is 5.82 Å². The van der Waals surface area contributed by atoms with Crippen molar-refractivity contribution in [1.82, 2.24) is 39.4 Å². The summed E-state index contributed by atoms with van der Waals surface area (Å²) in [6.45, 7) is 6.29. The maximum Gasteiger partial charge on any atom is 0.159 e. The van der Waals surface area contributed by atoms with E-state index in [0.717, 1.165) is 61.9 Å². The average molecular weight is 380 g/mol. The molecule has 0 spiro atoms. The zero-order chi connectivity index (χ0) is 19.1. The molecular formula is C19H21FN8. The molecule has 0 bridgehead atoms. The minimum Gasteiger partial charge on any atom is -0.336 e. The van der Waals surface area contributed by atoms with Crippen LogP contribution in [0.3, 0.4) is 0 Å². The molecule has 4 aromatic rings. The molecule has 9 heteroatoms. The quantitative estimate of drug-likeness (QED) is 0.589. The third-order valence-corrected chi connectivity index (χ3v) is 5.14. The Morgan fingerprint density at radius 1 is 1.21 bits per heavy atom. The van der Waals surface area contributed by atoms with Crippen LogP contribution in [0.2, 0.25) is 0 Å². The summed E-state index contributed by atoms with van der Waals surface area (Å²) < 4.78 is 17.4. The SMILES string of the molecule is CCn1ncnc1CN1CCCn2nc(-c3nc4ccc(F)cc4[nH]3)cc2C1. The lowest BCUT2D eigenvalue weighted by molar-refractivity contribution is 0.249. The Bertz CT molecular complexity index is 1120. The normalized spacial score (nSPS) is 15.1. The van der Waals surface area contributed by atoms with Crippen molar-refractivity contribution < 1.29 is 4.39 Å². The number of aromatic amines is 1. The van der Waals surface area contributed by atoms with Crippen molar-refractivity contribution >= 4 is 11.0 Å². The predicted molar refractivity (Wildman–Crippen MR) is 102 cm³/mol. The first-order valence-corrected chi connectivity index (χ1v) is 9.51. The van der Waals surface area contributed by atoms with Gasteiger partial charge in [-0.15, -0.1) is 0 Å². The van der Waals surface area contributed by atoms with E-state index in [1.165, 1.54) is 12.1 Å². The van der Waals surface area contributed by atoms with Crippen LogP contribution in [0.5, 0.6) is 0 Å². The molecular weight excluding hydrogens is 359 g/mol. The molecule has 144 valence electrons. The fraction of sp³-hybridized carbons (Fsp3) is 0.368. The minimum absolute atomic E-state index is 0.279. The zero-order valence-corrected chi connectivity index (χ0v) is 15.6. The van der Waals surface area contributed by atoms with Gasteiger partial charge in [0.25, 0.3) is 0 Å². The van der Waals surface area contributed by atoms with E-state index in [1.54, 1.807) is 12.4 Å². The molecule has 0 saturated carbocycles. The fourth-order valence-corrected chi connectivity index (χ4v) is 3.76. The molecule has 0 radical (unpaired) electrons. The van der Waals surface area contributed by atoms with Gasteiger partial charge in [-0.1, -0.05) is 0 Å². The molecule has 1 N–H and O–H groups in total. The number of hydrogen-bond acceptors (Lipinski definition) is 5. The van der Waals surface area contributed by atoms with Gasteiger partial charge in [0.2, 0.25) is 0 Å². The van der Waals surface area contributed by atoms with Gasteiger partial charge >= 0.3 is 0 Å². The lowest BCUT2D eigenvalue weighted by atomic mass is 10.3. The lowest BCUT2D eigenvalue weighted by Crippen LogP contribution is -2.25. The van der Waals surface area contributed by atoms with Crippen molar-refractivity contribution in [3.05, 3.63) is 47.9 Å². The van der Waals surface area contributed by atoms with E-state index in [2.05, 4.69) is 37.9 Å². The van der Waals surface area contributed by atoms with Crippen molar-refractivity contribution in [2.75, 3.05) is 6.54 Å². The summed E-state index contributed by atoms with van der Waals surface area (Å²) in [5, 5.41) is 8.99. The van der Waals surface area contributed by atoms with E-state index in [0.29, 0.717) is 11.3 Å². The number of H-pyrrole nitrogens is 1. The molecule has 1 aliphatic rings. The van der Waals surface area contributed by atoms with Gasteiger partial charge in [0.05, 0.1) is 23.3 Å². The second-order valence-electron chi connectivity index (χ2n) is 7.05. The van der Waals surface area contributed by atoms with Crippen molar-refractivity contribution in [3.63, 3.8) is 0 Å². The van der Waals surface area contributed by atoms with Gasteiger partial charge in [-0.25, -0.2) is 19.0 Å². The number of halogens is 1. The molecule has 8 nitrogen and oxygen atoms in total. The first kappa shape index (κ1) is 17.1. The van der Waals surface area contributed by atoms with Gasteiger partial charge in [-0.05, 0) is 37.6 Å². The Kier molecular flexibility index (Phi) is 4.16. The number of benzene rings is 1. The molecule has 0 amide bonds. The lowest BCUT2D eigenvalue weighted by Gasteiger charge is -2.18. The predicted octanol–water partition coefficient (Wildman–Crippen LogP) is 2.58. The maximum atomic E-state index is 13.4. The number of aryl methyl sites for hydroxylation is 2. The van der Waals surface area contributed by atoms with Crippen LogP contribution < -0.4 is 0 Å². The summed E-state index contributed by atoms with van der Waals surface area (Å²) in [5.41, 5.74) is 3.34. The zero-order valence-electron chi connectivity index (χ0n) is 15.6. The molecule has 0 aliphatic carbocycles. The number of rotatable bonds is 4. The highest BCUT2D eigenvalue weighted by atomic mass is 19.1. The molecule has 1 aliphatic heterocycles. The summed E-state index contributed by atoms with van der Waals surface area (Å²) in [4.78, 5) is 14.5. The summed E-state index contributed by atoms with van der Waals surface area (Å²) in [6, 6.07) is 6.62. The third-order valence-electron chi connectivity index (χ3n) is 5.14. The molecule has 1 aromatic carbocycles. The van der Waals surface area contributed by atoms with Gasteiger partial charge < -0.3 is 4.98 Å². The van der Waals surface area contributed by atoms with Crippen molar-refractivity contribution in [3.8, 4) is 11.5 Å². The summed E-state index contributed by atoms with van der Waals surface area (Å²) in [7, 11) is 0. The van der Waals surface area contributed by atoms with E-state index in [1.807, 2.05) is 9.36 Å². The molecule has 4 heterocycles. The number of nitrogens with one attached hydrogen (secondary N) is 1. The molecule has 0 saturated heterocycles. The van der Waals surface area contributed by atoms with Crippen molar-refractivity contribution in [1.29, 1.82) is 0 Å². The second kappa shape index (κ2) is 6.83. The van der Waals surface area contributed by atoms with E-state index in [9.17, 15) is 4.39 Å². The molecule has 5 rings (SSSR count). The Labute approximate surface area is 161 Å². The molecule has 0 unspecified atom stereocenters. The first-order valence-electron chi connectivity index (χ1n) is 9.51. The first-order chi connectivity index (χ1) is 13.7. The maximum absolute atomic E-state index is 13.4. The van der Waals surface area contributed by atoms with Gasteiger partial charge in [0.15, 0.2) is 5.82 Å². The molecule has 0 atom stereocenters. The van der Waals surface area contributed by atoms with Crippen molar-refractivity contribution in [2.45, 2.75) is 39.5 Å². The smallest absolute Gasteiger partial charge is 0.159 e. The minimum atomic E-state index is -0.279. The summed E-state index contributed by atoms with van der Waals surface area (Å²) >= 11 is 0. The Hall–Kier alpha value is -3.07. The Balaban J connectivity index is 1.41. The van der Waals surface area contributed by atoms with Crippen LogP contribution in [0.1, 0.15) is 24.9 Å². The average Bonchev–Trinajstić information content (AvgIpc) is 3.37. The summed E-state index contributed by atoms with van der Waals surface area (Å²) in [6.07, 6.45) is 2.63. The standard InChI is InChI=1S/C19H21FN8/c1-2-27-18(21-12-22-27)11-26-6-3-7-28-14(10-26)9-17(25-28)19-23-15-5-4-13(20)8-16(15)24-19/h4-5,8-9,12H,2-3,6-7,10-11H2,1H3,(H,23,24). The highest BCUT2D eigenvalue weighted by molar-refractivity contribution is 5.78. The fourth-order valence-electron chi connectivity index (χ4n) is 3.76. The monoisotopic (exact) mass is 380 g/mol. The second-order valence-corrected chi connectivity index (χ2v) is 7.05. The van der Waals surface area contributed by atoms with Gasteiger partial charge in [-0.3, -0.25) is 9.58 Å². The highest BCUT2D eigenvalue weighted by Gasteiger charge is 2.20. The number of fused-ring (bicyclic) bond motifs is 2.